The van der Waals surface area contributed by atoms with E-state index >= 15 is 0 Å². The largest absolute Gasteiger partial charge is 0.309 e. The lowest BCUT2D eigenvalue weighted by atomic mass is 10.0. The second-order valence-corrected chi connectivity index (χ2v) is 13.4. The monoisotopic (exact) mass is 649 g/mol. The summed E-state index contributed by atoms with van der Waals surface area (Å²) in [6.45, 7) is 0. The maximum atomic E-state index is 2.45. The minimum Gasteiger partial charge on any atom is -0.309 e. The first-order chi connectivity index (χ1) is 25.3. The fraction of sp³-hybridized carbons (Fsp3) is 0. The van der Waals surface area contributed by atoms with Crippen LogP contribution in [0.1, 0.15) is 0 Å². The number of para-hydroxylation sites is 6. The van der Waals surface area contributed by atoms with Gasteiger partial charge in [-0.05, 0) is 66.2 Å². The van der Waals surface area contributed by atoms with Crippen molar-refractivity contribution < 1.29 is 0 Å². The van der Waals surface area contributed by atoms with Crippen molar-refractivity contribution in [3.05, 3.63) is 188 Å². The van der Waals surface area contributed by atoms with Gasteiger partial charge in [-0.2, -0.15) is 0 Å². The molecule has 11 rings (SSSR count). The summed E-state index contributed by atoms with van der Waals surface area (Å²) in [6.07, 6.45) is 0. The zero-order chi connectivity index (χ0) is 33.5. The summed E-state index contributed by atoms with van der Waals surface area (Å²) < 4.78 is 7.28. The van der Waals surface area contributed by atoms with E-state index in [4.69, 9.17) is 0 Å². The molecule has 0 saturated carbocycles. The van der Waals surface area contributed by atoms with Gasteiger partial charge in [-0.15, -0.1) is 0 Å². The average Bonchev–Trinajstić information content (AvgIpc) is 3.84. The lowest BCUT2D eigenvalue weighted by Crippen LogP contribution is -1.97. The van der Waals surface area contributed by atoms with Gasteiger partial charge < -0.3 is 13.7 Å². The van der Waals surface area contributed by atoms with E-state index in [1.807, 2.05) is 0 Å². The highest BCUT2D eigenvalue weighted by Crippen LogP contribution is 2.41. The number of hydrogen-bond acceptors (Lipinski definition) is 0. The van der Waals surface area contributed by atoms with Crippen molar-refractivity contribution in [1.82, 2.24) is 13.7 Å². The second kappa shape index (κ2) is 10.8. The average molecular weight is 650 g/mol. The SMILES string of the molecule is c1ccc(-n2c3ccccc3c3ccc(-n4c5ccccc5c5ccc(-c6cccc7c8ccccc8n(-c8ccccc8)c67)cc54)cc32)cc1. The van der Waals surface area contributed by atoms with Crippen LogP contribution >= 0.6 is 0 Å². The van der Waals surface area contributed by atoms with Crippen molar-refractivity contribution in [2.45, 2.75) is 0 Å². The van der Waals surface area contributed by atoms with Crippen LogP contribution in [0.4, 0.5) is 0 Å². The van der Waals surface area contributed by atoms with Gasteiger partial charge in [0.05, 0.1) is 33.1 Å². The molecule has 0 N–H and O–H groups in total. The van der Waals surface area contributed by atoms with Crippen LogP contribution in [0.5, 0.6) is 0 Å². The van der Waals surface area contributed by atoms with Gasteiger partial charge in [-0.25, -0.2) is 0 Å². The Bertz CT molecular complexity index is 3120. The third-order valence-corrected chi connectivity index (χ3v) is 10.6. The predicted octanol–water partition coefficient (Wildman–Crippen LogP) is 12.6. The van der Waals surface area contributed by atoms with Crippen molar-refractivity contribution in [3.8, 4) is 28.2 Å². The van der Waals surface area contributed by atoms with Crippen molar-refractivity contribution in [1.29, 1.82) is 0 Å². The van der Waals surface area contributed by atoms with Crippen LogP contribution in [-0.2, 0) is 0 Å². The molecule has 0 fully saturated rings. The molecule has 0 aliphatic rings. The van der Waals surface area contributed by atoms with Crippen LogP contribution in [0.2, 0.25) is 0 Å². The van der Waals surface area contributed by atoms with Crippen molar-refractivity contribution >= 4 is 65.4 Å². The van der Waals surface area contributed by atoms with Crippen LogP contribution in [0.15, 0.2) is 188 Å². The Kier molecular flexibility index (Phi) is 5.96. The molecule has 3 heteroatoms. The van der Waals surface area contributed by atoms with Gasteiger partial charge in [0, 0.05) is 54.9 Å². The molecule has 3 heterocycles. The number of benzene rings is 8. The molecule has 0 aliphatic heterocycles. The van der Waals surface area contributed by atoms with E-state index in [0.29, 0.717) is 0 Å². The first-order valence-corrected chi connectivity index (χ1v) is 17.5. The van der Waals surface area contributed by atoms with E-state index in [1.165, 1.54) is 76.5 Å². The van der Waals surface area contributed by atoms with E-state index in [9.17, 15) is 0 Å². The highest BCUT2D eigenvalue weighted by atomic mass is 15.0. The third kappa shape index (κ3) is 4.06. The molecule has 238 valence electrons. The fourth-order valence-electron chi connectivity index (χ4n) is 8.47. The quantitative estimate of drug-likeness (QED) is 0.180. The van der Waals surface area contributed by atoms with E-state index in [2.05, 4.69) is 202 Å². The standard InChI is InChI=1S/C48H31N3/c1-3-14-33(15-4-1)49-43-23-10-7-19-38(43)41-29-27-35(31-47(41)49)50-44-24-11-8-18-37(44)40-28-26-32(30-46(40)50)36-21-13-22-42-39-20-9-12-25-45(39)51(48(36)42)34-16-5-2-6-17-34/h1-31H. The molecule has 51 heavy (non-hydrogen) atoms. The van der Waals surface area contributed by atoms with Crippen molar-refractivity contribution in [2.24, 2.45) is 0 Å². The summed E-state index contributed by atoms with van der Waals surface area (Å²) in [7, 11) is 0. The van der Waals surface area contributed by atoms with E-state index in [1.54, 1.807) is 0 Å². The van der Waals surface area contributed by atoms with E-state index in [0.717, 1.165) is 17.1 Å². The Morgan fingerprint density at radius 2 is 0.706 bits per heavy atom. The zero-order valence-electron chi connectivity index (χ0n) is 27.7. The first kappa shape index (κ1) is 28.0. The van der Waals surface area contributed by atoms with Gasteiger partial charge in [0.2, 0.25) is 0 Å². The molecule has 3 aromatic heterocycles. The molecule has 0 atom stereocenters. The summed E-state index contributed by atoms with van der Waals surface area (Å²) in [5.41, 5.74) is 13.1. The van der Waals surface area contributed by atoms with Gasteiger partial charge in [0.25, 0.3) is 0 Å². The van der Waals surface area contributed by atoms with Gasteiger partial charge in [-0.3, -0.25) is 0 Å². The first-order valence-electron chi connectivity index (χ1n) is 17.5. The van der Waals surface area contributed by atoms with Gasteiger partial charge in [0.15, 0.2) is 0 Å². The van der Waals surface area contributed by atoms with E-state index in [-0.39, 0.29) is 0 Å². The van der Waals surface area contributed by atoms with Crippen LogP contribution in [0, 0.1) is 0 Å². The van der Waals surface area contributed by atoms with Crippen LogP contribution < -0.4 is 0 Å². The van der Waals surface area contributed by atoms with Crippen LogP contribution in [-0.4, -0.2) is 13.7 Å². The third-order valence-electron chi connectivity index (χ3n) is 10.6. The summed E-state index contributed by atoms with van der Waals surface area (Å²) >= 11 is 0. The molecule has 0 bridgehead atoms. The molecule has 0 spiro atoms. The molecular formula is C48H31N3. The predicted molar refractivity (Wildman–Crippen MR) is 215 cm³/mol. The second-order valence-electron chi connectivity index (χ2n) is 13.4. The minimum atomic E-state index is 1.14. The van der Waals surface area contributed by atoms with Gasteiger partial charge in [-0.1, -0.05) is 127 Å². The molecule has 0 unspecified atom stereocenters. The molecular weight excluding hydrogens is 619 g/mol. The van der Waals surface area contributed by atoms with Crippen LogP contribution in [0.3, 0.4) is 0 Å². The number of rotatable bonds is 4. The molecule has 0 amide bonds. The Morgan fingerprint density at radius 1 is 0.255 bits per heavy atom. The Morgan fingerprint density at radius 3 is 1.35 bits per heavy atom. The Hall–Kier alpha value is -6.84. The lowest BCUT2D eigenvalue weighted by Gasteiger charge is -2.13. The summed E-state index contributed by atoms with van der Waals surface area (Å²) in [4.78, 5) is 0. The summed E-state index contributed by atoms with van der Waals surface area (Å²) in [5, 5.41) is 7.52. The van der Waals surface area contributed by atoms with E-state index < -0.39 is 0 Å². The molecule has 8 aromatic carbocycles. The highest BCUT2D eigenvalue weighted by molar-refractivity contribution is 6.16. The Balaban J connectivity index is 1.20. The number of nitrogens with zero attached hydrogens (tertiary/aromatic N) is 3. The highest BCUT2D eigenvalue weighted by Gasteiger charge is 2.19. The summed E-state index contributed by atoms with van der Waals surface area (Å²) in [6, 6.07) is 68.4. The van der Waals surface area contributed by atoms with Gasteiger partial charge >= 0.3 is 0 Å². The molecule has 0 saturated heterocycles. The lowest BCUT2D eigenvalue weighted by molar-refractivity contribution is 1.15. The Labute approximate surface area is 294 Å². The normalized spacial score (nSPS) is 11.9. The maximum Gasteiger partial charge on any atom is 0.0619 e. The smallest absolute Gasteiger partial charge is 0.0619 e. The number of hydrogen-bond donors (Lipinski definition) is 0. The molecule has 11 aromatic rings. The minimum absolute atomic E-state index is 1.14. The molecule has 3 nitrogen and oxygen atoms in total. The summed E-state index contributed by atoms with van der Waals surface area (Å²) in [5.74, 6) is 0. The molecule has 0 radical (unpaired) electrons. The van der Waals surface area contributed by atoms with Crippen molar-refractivity contribution in [2.75, 3.05) is 0 Å². The van der Waals surface area contributed by atoms with Crippen LogP contribution in [0.25, 0.3) is 93.6 Å². The van der Waals surface area contributed by atoms with Crippen molar-refractivity contribution in [3.63, 3.8) is 0 Å². The number of fused-ring (bicyclic) bond motifs is 9. The topological polar surface area (TPSA) is 14.8 Å². The fourth-order valence-corrected chi connectivity index (χ4v) is 8.47. The number of aromatic nitrogens is 3. The molecule has 0 aliphatic carbocycles. The van der Waals surface area contributed by atoms with Gasteiger partial charge in [0.1, 0.15) is 0 Å². The maximum absolute atomic E-state index is 2.45. The zero-order valence-corrected chi connectivity index (χ0v) is 27.7.